The van der Waals surface area contributed by atoms with Crippen LogP contribution in [0.1, 0.15) is 0 Å². The van der Waals surface area contributed by atoms with E-state index in [1.807, 2.05) is 43.4 Å². The Balaban J connectivity index is 1.76. The first-order valence-corrected chi connectivity index (χ1v) is 9.66. The lowest BCUT2D eigenvalue weighted by atomic mass is 10.1. The van der Waals surface area contributed by atoms with Gasteiger partial charge in [-0.3, -0.25) is 4.72 Å². The van der Waals surface area contributed by atoms with Gasteiger partial charge in [0.2, 0.25) is 0 Å². The molecule has 0 amide bonds. The molecule has 2 aromatic heterocycles. The fourth-order valence-corrected chi connectivity index (χ4v) is 3.51. The Hall–Kier alpha value is -2.35. The maximum Gasteiger partial charge on any atom is 0.172 e. The molecule has 0 saturated carbocycles. The highest BCUT2D eigenvalue weighted by Crippen LogP contribution is 2.28. The van der Waals surface area contributed by atoms with Crippen molar-refractivity contribution in [3.05, 3.63) is 71.3 Å². The van der Waals surface area contributed by atoms with Crippen LogP contribution in [0.5, 0.6) is 0 Å². The standard InChI is InChI=1S/C19H16BrN5S/c1-21-26-15-9-7-14(8-10-15)23-18-11-17(13-5-3-2-4-6-13)24-19-16(20)12-22-25(18)19/h2-12,21,23H,1H3. The summed E-state index contributed by atoms with van der Waals surface area (Å²) < 4.78 is 5.73. The van der Waals surface area contributed by atoms with Crippen LogP contribution in [0.15, 0.2) is 76.2 Å². The van der Waals surface area contributed by atoms with Crippen LogP contribution in [0.25, 0.3) is 16.9 Å². The first-order valence-electron chi connectivity index (χ1n) is 8.05. The van der Waals surface area contributed by atoms with Crippen molar-refractivity contribution in [2.75, 3.05) is 12.4 Å². The maximum absolute atomic E-state index is 4.75. The molecule has 0 fully saturated rings. The molecule has 5 nitrogen and oxygen atoms in total. The van der Waals surface area contributed by atoms with E-state index in [0.717, 1.165) is 37.8 Å². The summed E-state index contributed by atoms with van der Waals surface area (Å²) in [5.74, 6) is 0.855. The summed E-state index contributed by atoms with van der Waals surface area (Å²) in [5.41, 5.74) is 3.72. The third kappa shape index (κ3) is 3.46. The molecule has 0 aliphatic carbocycles. The molecular weight excluding hydrogens is 410 g/mol. The predicted octanol–water partition coefficient (Wildman–Crippen LogP) is 5.13. The van der Waals surface area contributed by atoms with Crippen LogP contribution in [0.3, 0.4) is 0 Å². The van der Waals surface area contributed by atoms with Gasteiger partial charge in [-0.05, 0) is 59.2 Å². The average molecular weight is 426 g/mol. The largest absolute Gasteiger partial charge is 0.340 e. The topological polar surface area (TPSA) is 54.2 Å². The molecule has 0 aliphatic rings. The number of nitrogens with zero attached hydrogens (tertiary/aromatic N) is 3. The molecule has 4 aromatic rings. The number of hydrogen-bond donors (Lipinski definition) is 2. The molecule has 0 aliphatic heterocycles. The van der Waals surface area contributed by atoms with E-state index in [-0.39, 0.29) is 0 Å². The molecule has 130 valence electrons. The van der Waals surface area contributed by atoms with Gasteiger partial charge in [0.25, 0.3) is 0 Å². The second kappa shape index (κ2) is 7.49. The summed E-state index contributed by atoms with van der Waals surface area (Å²) in [5, 5.41) is 7.88. The molecule has 7 heteroatoms. The number of fused-ring (bicyclic) bond motifs is 1. The van der Waals surface area contributed by atoms with E-state index >= 15 is 0 Å². The minimum atomic E-state index is 0.774. The molecular formula is C19H16BrN5S. The summed E-state index contributed by atoms with van der Waals surface area (Å²) in [6, 6.07) is 20.4. The van der Waals surface area contributed by atoms with Gasteiger partial charge in [0.15, 0.2) is 5.65 Å². The minimum Gasteiger partial charge on any atom is -0.340 e. The van der Waals surface area contributed by atoms with Gasteiger partial charge < -0.3 is 5.32 Å². The van der Waals surface area contributed by atoms with Crippen molar-refractivity contribution in [3.63, 3.8) is 0 Å². The highest BCUT2D eigenvalue weighted by molar-refractivity contribution is 9.10. The fraction of sp³-hybridized carbons (Fsp3) is 0.0526. The number of halogens is 1. The Labute approximate surface area is 164 Å². The van der Waals surface area contributed by atoms with Crippen LogP contribution in [0, 0.1) is 0 Å². The third-order valence-electron chi connectivity index (χ3n) is 3.84. The minimum absolute atomic E-state index is 0.774. The monoisotopic (exact) mass is 425 g/mol. The number of benzene rings is 2. The van der Waals surface area contributed by atoms with Gasteiger partial charge in [0.05, 0.1) is 16.4 Å². The second-order valence-corrected chi connectivity index (χ2v) is 7.51. The van der Waals surface area contributed by atoms with E-state index < -0.39 is 0 Å². The average Bonchev–Trinajstić information content (AvgIpc) is 3.06. The lowest BCUT2D eigenvalue weighted by Crippen LogP contribution is -2.02. The number of anilines is 2. The van der Waals surface area contributed by atoms with Crippen LogP contribution >= 0.6 is 27.9 Å². The van der Waals surface area contributed by atoms with Crippen molar-refractivity contribution >= 4 is 45.0 Å². The van der Waals surface area contributed by atoms with Crippen molar-refractivity contribution in [1.29, 1.82) is 0 Å². The van der Waals surface area contributed by atoms with Crippen LogP contribution < -0.4 is 10.0 Å². The highest BCUT2D eigenvalue weighted by atomic mass is 79.9. The summed E-state index contributed by atoms with van der Waals surface area (Å²) >= 11 is 5.12. The van der Waals surface area contributed by atoms with E-state index in [2.05, 4.69) is 55.3 Å². The highest BCUT2D eigenvalue weighted by Gasteiger charge is 2.11. The molecule has 0 radical (unpaired) electrons. The Morgan fingerprint density at radius 2 is 1.81 bits per heavy atom. The maximum atomic E-state index is 4.75. The van der Waals surface area contributed by atoms with E-state index in [1.54, 1.807) is 22.7 Å². The fourth-order valence-electron chi connectivity index (χ4n) is 2.65. The van der Waals surface area contributed by atoms with Gasteiger partial charge in [-0.2, -0.15) is 9.61 Å². The van der Waals surface area contributed by atoms with E-state index in [0.29, 0.717) is 0 Å². The smallest absolute Gasteiger partial charge is 0.172 e. The third-order valence-corrected chi connectivity index (χ3v) is 5.12. The number of rotatable bonds is 5. The molecule has 2 N–H and O–H groups in total. The lowest BCUT2D eigenvalue weighted by Gasteiger charge is -2.11. The number of nitrogens with one attached hydrogen (secondary N) is 2. The lowest BCUT2D eigenvalue weighted by molar-refractivity contribution is 0.949. The van der Waals surface area contributed by atoms with E-state index in [1.165, 1.54) is 0 Å². The molecule has 0 bridgehead atoms. The quantitative estimate of drug-likeness (QED) is 0.434. The van der Waals surface area contributed by atoms with Crippen molar-refractivity contribution in [1.82, 2.24) is 19.3 Å². The van der Waals surface area contributed by atoms with Crippen LogP contribution in [-0.4, -0.2) is 21.6 Å². The summed E-state index contributed by atoms with van der Waals surface area (Å²) in [4.78, 5) is 5.90. The molecule has 4 rings (SSSR count). The Bertz CT molecular complexity index is 1030. The summed E-state index contributed by atoms with van der Waals surface area (Å²) in [6.07, 6.45) is 1.76. The first-order chi connectivity index (χ1) is 12.7. The van der Waals surface area contributed by atoms with Gasteiger partial charge in [-0.25, -0.2) is 4.98 Å². The Kier molecular flexibility index (Phi) is 4.92. The molecule has 2 heterocycles. The normalized spacial score (nSPS) is 11.0. The molecule has 0 unspecified atom stereocenters. The molecule has 0 saturated heterocycles. The van der Waals surface area contributed by atoms with E-state index in [4.69, 9.17) is 4.98 Å². The van der Waals surface area contributed by atoms with Gasteiger partial charge in [-0.15, -0.1) is 0 Å². The van der Waals surface area contributed by atoms with E-state index in [9.17, 15) is 0 Å². The van der Waals surface area contributed by atoms with Crippen LogP contribution in [-0.2, 0) is 0 Å². The Morgan fingerprint density at radius 3 is 2.54 bits per heavy atom. The van der Waals surface area contributed by atoms with Crippen LogP contribution in [0.4, 0.5) is 11.5 Å². The second-order valence-electron chi connectivity index (χ2n) is 5.58. The Morgan fingerprint density at radius 1 is 1.04 bits per heavy atom. The van der Waals surface area contributed by atoms with Crippen molar-refractivity contribution in [3.8, 4) is 11.3 Å². The summed E-state index contributed by atoms with van der Waals surface area (Å²) in [6.45, 7) is 0. The van der Waals surface area contributed by atoms with Gasteiger partial charge >= 0.3 is 0 Å². The van der Waals surface area contributed by atoms with Gasteiger partial charge in [-0.1, -0.05) is 30.3 Å². The molecule has 0 spiro atoms. The SMILES string of the molecule is CNSc1ccc(Nc2cc(-c3ccccc3)nc3c(Br)cnn23)cc1. The van der Waals surface area contributed by atoms with Gasteiger partial charge in [0.1, 0.15) is 5.82 Å². The van der Waals surface area contributed by atoms with Crippen LogP contribution in [0.2, 0.25) is 0 Å². The first kappa shape index (κ1) is 17.1. The number of aromatic nitrogens is 3. The number of hydrogen-bond acceptors (Lipinski definition) is 5. The van der Waals surface area contributed by atoms with Gasteiger partial charge in [0, 0.05) is 22.2 Å². The molecule has 26 heavy (non-hydrogen) atoms. The molecule has 2 aromatic carbocycles. The van der Waals surface area contributed by atoms with Crippen molar-refractivity contribution in [2.24, 2.45) is 0 Å². The molecule has 0 atom stereocenters. The van der Waals surface area contributed by atoms with Crippen molar-refractivity contribution < 1.29 is 0 Å². The van der Waals surface area contributed by atoms with Crippen molar-refractivity contribution in [2.45, 2.75) is 4.90 Å². The zero-order chi connectivity index (χ0) is 17.9. The predicted molar refractivity (Wildman–Crippen MR) is 111 cm³/mol. The summed E-state index contributed by atoms with van der Waals surface area (Å²) in [7, 11) is 1.91. The zero-order valence-corrected chi connectivity index (χ0v) is 16.4. The zero-order valence-electron chi connectivity index (χ0n) is 14.0.